The van der Waals surface area contributed by atoms with Gasteiger partial charge in [-0.25, -0.2) is 0 Å². The van der Waals surface area contributed by atoms with E-state index in [-0.39, 0.29) is 12.4 Å². The second-order valence-electron chi connectivity index (χ2n) is 6.15. The van der Waals surface area contributed by atoms with E-state index in [9.17, 15) is 9.59 Å². The summed E-state index contributed by atoms with van der Waals surface area (Å²) in [5, 5.41) is 1.90. The van der Waals surface area contributed by atoms with Crippen molar-refractivity contribution in [1.82, 2.24) is 4.40 Å². The molecule has 0 aliphatic rings. The Balaban J connectivity index is 2.11. The lowest BCUT2D eigenvalue weighted by molar-refractivity contribution is -0.139. The first kappa shape index (κ1) is 17.4. The van der Waals surface area contributed by atoms with Crippen LogP contribution in [0, 0.1) is 0 Å². The van der Waals surface area contributed by atoms with Crippen molar-refractivity contribution < 1.29 is 14.3 Å². The summed E-state index contributed by atoms with van der Waals surface area (Å²) in [7, 11) is 1.37. The summed E-state index contributed by atoms with van der Waals surface area (Å²) >= 11 is 1.52. The fourth-order valence-electron chi connectivity index (χ4n) is 3.00. The average molecular weight is 355 g/mol. The maximum absolute atomic E-state index is 11.8. The third-order valence-electron chi connectivity index (χ3n) is 4.65. The third kappa shape index (κ3) is 3.24. The number of benzene rings is 1. The van der Waals surface area contributed by atoms with Gasteiger partial charge < -0.3 is 9.14 Å². The summed E-state index contributed by atoms with van der Waals surface area (Å²) in [4.78, 5) is 24.4. The normalized spacial score (nSPS) is 12.3. The van der Waals surface area contributed by atoms with Gasteiger partial charge in [-0.15, -0.1) is 11.3 Å². The summed E-state index contributed by atoms with van der Waals surface area (Å²) in [6, 6.07) is 10.4. The van der Waals surface area contributed by atoms with Crippen molar-refractivity contribution >= 4 is 28.4 Å². The highest BCUT2D eigenvalue weighted by atomic mass is 32.1. The molecule has 130 valence electrons. The van der Waals surface area contributed by atoms with Crippen LogP contribution in [0.5, 0.6) is 0 Å². The highest BCUT2D eigenvalue weighted by Gasteiger charge is 2.18. The zero-order chi connectivity index (χ0) is 18.0. The fourth-order valence-corrected chi connectivity index (χ4v) is 3.95. The van der Waals surface area contributed by atoms with Crippen molar-refractivity contribution in [2.24, 2.45) is 0 Å². The number of hydrogen-bond donors (Lipinski definition) is 0. The van der Waals surface area contributed by atoms with Crippen molar-refractivity contribution in [1.29, 1.82) is 0 Å². The molecule has 1 aromatic carbocycles. The number of carbonyl (C=O) groups is 2. The van der Waals surface area contributed by atoms with Crippen LogP contribution in [0.1, 0.15) is 47.9 Å². The van der Waals surface area contributed by atoms with E-state index < -0.39 is 0 Å². The maximum Gasteiger partial charge on any atom is 0.311 e. The lowest BCUT2D eigenvalue weighted by atomic mass is 9.95. The van der Waals surface area contributed by atoms with Gasteiger partial charge in [-0.05, 0) is 29.5 Å². The first-order chi connectivity index (χ1) is 12.1. The lowest BCUT2D eigenvalue weighted by Crippen LogP contribution is -2.07. The number of fused-ring (bicyclic) bond motifs is 1. The van der Waals surface area contributed by atoms with Crippen molar-refractivity contribution in [3.63, 3.8) is 0 Å². The third-order valence-corrected chi connectivity index (χ3v) is 5.58. The molecule has 5 heteroatoms. The van der Waals surface area contributed by atoms with Gasteiger partial charge in [0.15, 0.2) is 6.29 Å². The Morgan fingerprint density at radius 3 is 2.84 bits per heavy atom. The number of carbonyl (C=O) groups excluding carboxylic acids is 2. The molecule has 0 aliphatic carbocycles. The van der Waals surface area contributed by atoms with Crippen LogP contribution < -0.4 is 0 Å². The fraction of sp³-hybridized carbons (Fsp3) is 0.300. The highest BCUT2D eigenvalue weighted by molar-refractivity contribution is 7.15. The van der Waals surface area contributed by atoms with Crippen LogP contribution >= 0.6 is 11.3 Å². The van der Waals surface area contributed by atoms with E-state index in [0.29, 0.717) is 11.6 Å². The minimum atomic E-state index is -0.314. The molecular weight excluding hydrogens is 334 g/mol. The van der Waals surface area contributed by atoms with Gasteiger partial charge in [0.1, 0.15) is 4.83 Å². The largest absolute Gasteiger partial charge is 0.469 e. The van der Waals surface area contributed by atoms with Gasteiger partial charge in [0.25, 0.3) is 0 Å². The summed E-state index contributed by atoms with van der Waals surface area (Å²) in [5.41, 5.74) is 4.55. The Labute approximate surface area is 151 Å². The number of ether oxygens (including phenoxy) is 1. The SMILES string of the molecule is CCC(C)c1cccc(-c2cc3scc(CC(=O)OC)n3c2C=O)c1. The Morgan fingerprint density at radius 2 is 2.16 bits per heavy atom. The number of nitrogens with zero attached hydrogens (tertiary/aromatic N) is 1. The summed E-state index contributed by atoms with van der Waals surface area (Å²) in [6.45, 7) is 4.37. The smallest absolute Gasteiger partial charge is 0.311 e. The predicted molar refractivity (Wildman–Crippen MR) is 101 cm³/mol. The first-order valence-electron chi connectivity index (χ1n) is 8.33. The van der Waals surface area contributed by atoms with Crippen LogP contribution in [0.4, 0.5) is 0 Å². The standard InChI is InChI=1S/C20H21NO3S/c1-4-13(2)14-6-5-7-15(8-14)17-10-19-21(18(17)11-22)16(12-25-19)9-20(23)24-3/h5-8,10-13H,4,9H2,1-3H3. The van der Waals surface area contributed by atoms with Crippen molar-refractivity contribution in [3.8, 4) is 11.1 Å². The van der Waals surface area contributed by atoms with Crippen LogP contribution in [0.2, 0.25) is 0 Å². The molecule has 1 unspecified atom stereocenters. The van der Waals surface area contributed by atoms with Crippen LogP contribution in [0.25, 0.3) is 16.0 Å². The van der Waals surface area contributed by atoms with E-state index in [1.165, 1.54) is 24.0 Å². The van der Waals surface area contributed by atoms with Crippen LogP contribution in [-0.2, 0) is 16.0 Å². The molecule has 0 saturated carbocycles. The van der Waals surface area contributed by atoms with Crippen LogP contribution in [-0.4, -0.2) is 23.8 Å². The van der Waals surface area contributed by atoms with Crippen molar-refractivity contribution in [2.75, 3.05) is 7.11 Å². The van der Waals surface area contributed by atoms with E-state index in [4.69, 9.17) is 4.74 Å². The molecule has 2 aromatic heterocycles. The van der Waals surface area contributed by atoms with Gasteiger partial charge >= 0.3 is 5.97 Å². The zero-order valence-corrected chi connectivity index (χ0v) is 15.4. The number of aldehydes is 1. The molecule has 0 saturated heterocycles. The average Bonchev–Trinajstić information content (AvgIpc) is 3.20. The highest BCUT2D eigenvalue weighted by Crippen LogP contribution is 2.33. The summed E-state index contributed by atoms with van der Waals surface area (Å²) in [5.74, 6) is 0.156. The van der Waals surface area contributed by atoms with Crippen molar-refractivity contribution in [3.05, 3.63) is 52.7 Å². The predicted octanol–water partition coefficient (Wildman–Crippen LogP) is 4.71. The second kappa shape index (κ2) is 7.23. The Kier molecular flexibility index (Phi) is 5.04. The quantitative estimate of drug-likeness (QED) is 0.475. The molecule has 2 heterocycles. The molecule has 0 N–H and O–H groups in total. The molecule has 3 rings (SSSR count). The van der Waals surface area contributed by atoms with Crippen LogP contribution in [0.15, 0.2) is 35.7 Å². The number of aromatic nitrogens is 1. The lowest BCUT2D eigenvalue weighted by Gasteiger charge is -2.11. The molecule has 0 radical (unpaired) electrons. The Hall–Kier alpha value is -2.40. The minimum absolute atomic E-state index is 0.151. The van der Waals surface area contributed by atoms with Gasteiger partial charge in [-0.2, -0.15) is 0 Å². The Bertz CT molecular complexity index is 922. The van der Waals surface area contributed by atoms with Gasteiger partial charge in [0, 0.05) is 16.6 Å². The molecule has 1 atom stereocenters. The van der Waals surface area contributed by atoms with E-state index in [1.807, 2.05) is 28.0 Å². The molecule has 4 nitrogen and oxygen atoms in total. The molecule has 25 heavy (non-hydrogen) atoms. The molecular formula is C20H21NO3S. The number of methoxy groups -OCH3 is 1. The van der Waals surface area contributed by atoms with Gasteiger partial charge in [-0.3, -0.25) is 9.59 Å². The van der Waals surface area contributed by atoms with E-state index in [2.05, 4.69) is 26.0 Å². The number of esters is 1. The summed E-state index contributed by atoms with van der Waals surface area (Å²) < 4.78 is 6.62. The van der Waals surface area contributed by atoms with E-state index in [1.54, 1.807) is 0 Å². The number of hydrogen-bond acceptors (Lipinski definition) is 4. The molecule has 0 aliphatic heterocycles. The van der Waals surface area contributed by atoms with E-state index in [0.717, 1.165) is 34.4 Å². The minimum Gasteiger partial charge on any atom is -0.469 e. The van der Waals surface area contributed by atoms with Gasteiger partial charge in [-0.1, -0.05) is 38.1 Å². The Morgan fingerprint density at radius 1 is 1.36 bits per heavy atom. The second-order valence-corrected chi connectivity index (χ2v) is 7.04. The first-order valence-corrected chi connectivity index (χ1v) is 9.21. The monoisotopic (exact) mass is 355 g/mol. The van der Waals surface area contributed by atoms with E-state index >= 15 is 0 Å². The van der Waals surface area contributed by atoms with Gasteiger partial charge in [0.05, 0.1) is 19.2 Å². The number of rotatable bonds is 6. The molecule has 0 spiro atoms. The van der Waals surface area contributed by atoms with Crippen LogP contribution in [0.3, 0.4) is 0 Å². The molecule has 0 fully saturated rings. The van der Waals surface area contributed by atoms with Crippen molar-refractivity contribution in [2.45, 2.75) is 32.6 Å². The summed E-state index contributed by atoms with van der Waals surface area (Å²) in [6.07, 6.45) is 2.09. The maximum atomic E-state index is 11.8. The topological polar surface area (TPSA) is 47.8 Å². The molecule has 3 aromatic rings. The zero-order valence-electron chi connectivity index (χ0n) is 14.6. The van der Waals surface area contributed by atoms with Gasteiger partial charge in [0.2, 0.25) is 0 Å². The molecule has 0 bridgehead atoms. The number of thiazole rings is 1. The molecule has 0 amide bonds.